The van der Waals surface area contributed by atoms with Gasteiger partial charge in [0.25, 0.3) is 0 Å². The van der Waals surface area contributed by atoms with Crippen molar-refractivity contribution in [1.29, 1.82) is 5.26 Å². The van der Waals surface area contributed by atoms with Gasteiger partial charge in [0.05, 0.1) is 23.1 Å². The molecule has 8 heteroatoms. The lowest BCUT2D eigenvalue weighted by atomic mass is 9.94. The Morgan fingerprint density at radius 2 is 1.80 bits per heavy atom. The Morgan fingerprint density at radius 3 is 2.40 bits per heavy atom. The third-order valence-corrected chi connectivity index (χ3v) is 4.62. The highest BCUT2D eigenvalue weighted by Gasteiger charge is 2.15. The molecule has 0 bridgehead atoms. The zero-order chi connectivity index (χ0) is 21.1. The van der Waals surface area contributed by atoms with Crippen molar-refractivity contribution < 1.29 is 0 Å². The van der Waals surface area contributed by atoms with E-state index in [1.165, 1.54) is 12.5 Å². The minimum absolute atomic E-state index is 0.403. The Hall–Kier alpha value is -4.09. The van der Waals surface area contributed by atoms with E-state index in [0.29, 0.717) is 17.2 Å². The normalized spacial score (nSPS) is 11.1. The Balaban J connectivity index is 1.61. The summed E-state index contributed by atoms with van der Waals surface area (Å²) < 4.78 is 1.67. The minimum Gasteiger partial charge on any atom is -0.324 e. The maximum Gasteiger partial charge on any atom is 0.227 e. The number of benzene rings is 2. The Bertz CT molecular complexity index is 1180. The number of rotatable bonds is 5. The predicted molar refractivity (Wildman–Crippen MR) is 114 cm³/mol. The molecule has 0 atom stereocenters. The fourth-order valence-corrected chi connectivity index (χ4v) is 2.97. The molecule has 0 radical (unpaired) electrons. The number of nitrogens with one attached hydrogen (secondary N) is 1. The second-order valence-electron chi connectivity index (χ2n) is 7.38. The Morgan fingerprint density at radius 1 is 1.07 bits per heavy atom. The molecule has 148 valence electrons. The monoisotopic (exact) mass is 396 g/mol. The highest BCUT2D eigenvalue weighted by Crippen LogP contribution is 2.26. The summed E-state index contributed by atoms with van der Waals surface area (Å²) in [7, 11) is 0. The van der Waals surface area contributed by atoms with E-state index < -0.39 is 5.54 Å². The molecular formula is C22H20N8. The summed E-state index contributed by atoms with van der Waals surface area (Å²) in [4.78, 5) is 12.8. The molecule has 0 spiro atoms. The summed E-state index contributed by atoms with van der Waals surface area (Å²) in [6.45, 7) is 3.90. The van der Waals surface area contributed by atoms with E-state index in [0.717, 1.165) is 22.5 Å². The van der Waals surface area contributed by atoms with Gasteiger partial charge in [-0.15, -0.1) is 0 Å². The van der Waals surface area contributed by atoms with Gasteiger partial charge in [0.1, 0.15) is 18.7 Å². The van der Waals surface area contributed by atoms with Gasteiger partial charge >= 0.3 is 0 Å². The van der Waals surface area contributed by atoms with Gasteiger partial charge in [0, 0.05) is 16.8 Å². The first-order valence-electron chi connectivity index (χ1n) is 9.33. The van der Waals surface area contributed by atoms with Crippen LogP contribution in [0.5, 0.6) is 0 Å². The van der Waals surface area contributed by atoms with Crippen molar-refractivity contribution in [1.82, 2.24) is 24.7 Å². The van der Waals surface area contributed by atoms with Gasteiger partial charge in [-0.25, -0.2) is 19.6 Å². The Labute approximate surface area is 174 Å². The number of nitrogens with two attached hydrogens (primary N) is 1. The highest BCUT2D eigenvalue weighted by molar-refractivity contribution is 5.68. The molecule has 2 aromatic carbocycles. The van der Waals surface area contributed by atoms with Crippen LogP contribution in [0.4, 0.5) is 11.6 Å². The molecule has 2 heterocycles. The molecule has 30 heavy (non-hydrogen) atoms. The minimum atomic E-state index is -0.437. The second kappa shape index (κ2) is 7.73. The molecule has 0 unspecified atom stereocenters. The van der Waals surface area contributed by atoms with Crippen molar-refractivity contribution in [3.63, 3.8) is 0 Å². The lowest BCUT2D eigenvalue weighted by molar-refractivity contribution is 0.554. The van der Waals surface area contributed by atoms with Gasteiger partial charge in [-0.05, 0) is 43.7 Å². The average Bonchev–Trinajstić information content (AvgIpc) is 3.29. The maximum absolute atomic E-state index is 9.48. The number of hydrogen-bond donors (Lipinski definition) is 2. The van der Waals surface area contributed by atoms with Gasteiger partial charge in [0.15, 0.2) is 0 Å². The first-order chi connectivity index (χ1) is 14.4. The van der Waals surface area contributed by atoms with Crippen molar-refractivity contribution in [3.05, 3.63) is 78.5 Å². The average molecular weight is 396 g/mol. The van der Waals surface area contributed by atoms with Crippen LogP contribution >= 0.6 is 0 Å². The smallest absolute Gasteiger partial charge is 0.227 e. The van der Waals surface area contributed by atoms with E-state index in [1.54, 1.807) is 11.0 Å². The molecule has 3 N–H and O–H groups in total. The van der Waals surface area contributed by atoms with Gasteiger partial charge in [-0.1, -0.05) is 24.3 Å². The largest absolute Gasteiger partial charge is 0.324 e. The predicted octanol–water partition coefficient (Wildman–Crippen LogP) is 3.53. The van der Waals surface area contributed by atoms with E-state index >= 15 is 0 Å². The molecule has 0 aliphatic carbocycles. The Kier molecular flexibility index (Phi) is 4.96. The van der Waals surface area contributed by atoms with Crippen LogP contribution in [0, 0.1) is 11.3 Å². The van der Waals surface area contributed by atoms with Crippen LogP contribution in [0.15, 0.2) is 67.4 Å². The van der Waals surface area contributed by atoms with E-state index in [9.17, 15) is 5.26 Å². The van der Waals surface area contributed by atoms with Gasteiger partial charge in [-0.2, -0.15) is 10.4 Å². The molecule has 0 aliphatic heterocycles. The zero-order valence-electron chi connectivity index (χ0n) is 16.6. The van der Waals surface area contributed by atoms with E-state index in [2.05, 4.69) is 31.4 Å². The summed E-state index contributed by atoms with van der Waals surface area (Å²) >= 11 is 0. The molecule has 8 nitrogen and oxygen atoms in total. The second-order valence-corrected chi connectivity index (χ2v) is 7.38. The molecule has 4 aromatic rings. The van der Waals surface area contributed by atoms with Gasteiger partial charge < -0.3 is 11.1 Å². The quantitative estimate of drug-likeness (QED) is 0.530. The van der Waals surface area contributed by atoms with Crippen molar-refractivity contribution in [2.75, 3.05) is 5.32 Å². The zero-order valence-corrected chi connectivity index (χ0v) is 16.6. The lowest BCUT2D eigenvalue weighted by Crippen LogP contribution is -2.28. The van der Waals surface area contributed by atoms with E-state index in [1.807, 2.05) is 62.4 Å². The summed E-state index contributed by atoms with van der Waals surface area (Å²) in [5.74, 6) is 0.403. The first kappa shape index (κ1) is 19.2. The molecule has 2 aromatic heterocycles. The van der Waals surface area contributed by atoms with Crippen molar-refractivity contribution in [2.45, 2.75) is 19.4 Å². The number of nitriles is 1. The number of anilines is 2. The lowest BCUT2D eigenvalue weighted by Gasteiger charge is -2.19. The fraction of sp³-hybridized carbons (Fsp3) is 0.136. The van der Waals surface area contributed by atoms with Crippen LogP contribution in [0.25, 0.3) is 16.9 Å². The SMILES string of the molecule is CC(C)(N)c1ccc(-c2nc(Nc3ccc(-n4cncn4)cc3)ncc2C#N)cc1. The molecule has 0 saturated carbocycles. The summed E-state index contributed by atoms with van der Waals surface area (Å²) in [5, 5.41) is 16.8. The molecule has 0 amide bonds. The topological polar surface area (TPSA) is 118 Å². The van der Waals surface area contributed by atoms with Crippen molar-refractivity contribution in [2.24, 2.45) is 5.73 Å². The number of hydrogen-bond acceptors (Lipinski definition) is 7. The molecule has 4 rings (SSSR count). The highest BCUT2D eigenvalue weighted by atomic mass is 15.3. The maximum atomic E-state index is 9.48. The van der Waals surface area contributed by atoms with Crippen LogP contribution in [0.3, 0.4) is 0 Å². The third-order valence-electron chi connectivity index (χ3n) is 4.62. The van der Waals surface area contributed by atoms with E-state index in [4.69, 9.17) is 5.73 Å². The molecular weight excluding hydrogens is 376 g/mol. The van der Waals surface area contributed by atoms with Crippen LogP contribution in [-0.2, 0) is 5.54 Å². The molecule has 0 saturated heterocycles. The standard InChI is InChI=1S/C22H20N8/c1-22(2,24)17-5-3-15(4-6-17)20-16(11-23)12-26-21(29-20)28-18-7-9-19(10-8-18)30-14-25-13-27-30/h3-10,12-14H,24H2,1-2H3,(H,26,28,29). The molecule has 0 aliphatic rings. The van der Waals surface area contributed by atoms with Crippen LogP contribution < -0.4 is 11.1 Å². The van der Waals surface area contributed by atoms with Gasteiger partial charge in [-0.3, -0.25) is 0 Å². The third kappa shape index (κ3) is 4.01. The van der Waals surface area contributed by atoms with Crippen molar-refractivity contribution in [3.8, 4) is 23.0 Å². The summed E-state index contributed by atoms with van der Waals surface area (Å²) in [6, 6.07) is 17.5. The van der Waals surface area contributed by atoms with Crippen LogP contribution in [-0.4, -0.2) is 24.7 Å². The van der Waals surface area contributed by atoms with E-state index in [-0.39, 0.29) is 0 Å². The fourth-order valence-electron chi connectivity index (χ4n) is 2.97. The summed E-state index contributed by atoms with van der Waals surface area (Å²) in [5.41, 5.74) is 10.2. The first-order valence-corrected chi connectivity index (χ1v) is 9.33. The van der Waals surface area contributed by atoms with Crippen molar-refractivity contribution >= 4 is 11.6 Å². The number of nitrogens with zero attached hydrogens (tertiary/aromatic N) is 6. The number of aromatic nitrogens is 5. The van der Waals surface area contributed by atoms with Crippen LogP contribution in [0.1, 0.15) is 25.0 Å². The summed E-state index contributed by atoms with van der Waals surface area (Å²) in [6.07, 6.45) is 4.64. The van der Waals surface area contributed by atoms with Gasteiger partial charge in [0.2, 0.25) is 5.95 Å². The van der Waals surface area contributed by atoms with Crippen LogP contribution in [0.2, 0.25) is 0 Å². The molecule has 0 fully saturated rings.